The number of carbonyl (C=O) groups is 1. The van der Waals surface area contributed by atoms with Gasteiger partial charge in [0.25, 0.3) is 5.91 Å². The summed E-state index contributed by atoms with van der Waals surface area (Å²) in [5, 5.41) is 3.99. The van der Waals surface area contributed by atoms with Gasteiger partial charge in [-0.05, 0) is 52.8 Å². The molecule has 0 bridgehead atoms. The third-order valence-corrected chi connectivity index (χ3v) is 7.42. The zero-order chi connectivity index (χ0) is 18.5. The Bertz CT molecular complexity index is 1090. The largest absolute Gasteiger partial charge is 0.366 e. The lowest BCUT2D eigenvalue weighted by Crippen LogP contribution is -2.22. The van der Waals surface area contributed by atoms with Gasteiger partial charge < -0.3 is 10.7 Å². The lowest BCUT2D eigenvalue weighted by Gasteiger charge is -2.22. The second kappa shape index (κ2) is 6.21. The van der Waals surface area contributed by atoms with Gasteiger partial charge in [-0.2, -0.15) is 11.3 Å². The first kappa shape index (κ1) is 17.2. The van der Waals surface area contributed by atoms with Crippen LogP contribution in [0.4, 0.5) is 4.39 Å². The molecule has 1 fully saturated rings. The fourth-order valence-electron chi connectivity index (χ4n) is 3.65. The van der Waals surface area contributed by atoms with Gasteiger partial charge in [-0.1, -0.05) is 0 Å². The highest BCUT2D eigenvalue weighted by Crippen LogP contribution is 2.39. The SMILES string of the molecule is NC(=O)c1cc(-c2ccsc2)c(F)c2c(C3CCS(=O)(=O)CC3)c[nH]c12. The van der Waals surface area contributed by atoms with Gasteiger partial charge in [-0.15, -0.1) is 0 Å². The van der Waals surface area contributed by atoms with E-state index in [1.54, 1.807) is 12.3 Å². The van der Waals surface area contributed by atoms with Crippen molar-refractivity contribution in [3.63, 3.8) is 0 Å². The summed E-state index contributed by atoms with van der Waals surface area (Å²) in [4.78, 5) is 14.9. The molecule has 3 N–H and O–H groups in total. The van der Waals surface area contributed by atoms with Crippen LogP contribution < -0.4 is 5.73 Å². The predicted molar refractivity (Wildman–Crippen MR) is 101 cm³/mol. The number of fused-ring (bicyclic) bond motifs is 1. The molecule has 0 aliphatic carbocycles. The lowest BCUT2D eigenvalue weighted by atomic mass is 9.90. The second-order valence-corrected chi connectivity index (χ2v) is 9.67. The monoisotopic (exact) mass is 392 g/mol. The van der Waals surface area contributed by atoms with Crippen molar-refractivity contribution in [3.8, 4) is 11.1 Å². The first-order valence-electron chi connectivity index (χ1n) is 8.23. The molecule has 8 heteroatoms. The molecular weight excluding hydrogens is 375 g/mol. The van der Waals surface area contributed by atoms with Gasteiger partial charge in [0.1, 0.15) is 15.7 Å². The van der Waals surface area contributed by atoms with E-state index < -0.39 is 21.6 Å². The standard InChI is InChI=1S/C18H17FN2O3S2/c19-16-12(11-1-4-25-9-11)7-13(18(20)22)17-15(16)14(8-21-17)10-2-5-26(23,24)6-3-10/h1,4,7-10,21H,2-3,5-6H2,(H2,20,22). The fraction of sp³-hybridized carbons (Fsp3) is 0.278. The van der Waals surface area contributed by atoms with Crippen LogP contribution in [0, 0.1) is 5.82 Å². The normalized spacial score (nSPS) is 17.6. The number of primary amides is 1. The zero-order valence-corrected chi connectivity index (χ0v) is 15.4. The molecular formula is C18H17FN2O3S2. The summed E-state index contributed by atoms with van der Waals surface area (Å²) < 4.78 is 38.8. The van der Waals surface area contributed by atoms with Crippen LogP contribution in [0.3, 0.4) is 0 Å². The molecule has 5 nitrogen and oxygen atoms in total. The van der Waals surface area contributed by atoms with Crippen molar-refractivity contribution in [1.82, 2.24) is 4.98 Å². The summed E-state index contributed by atoms with van der Waals surface area (Å²) >= 11 is 1.44. The van der Waals surface area contributed by atoms with Gasteiger partial charge in [0, 0.05) is 17.1 Å². The number of halogens is 1. The van der Waals surface area contributed by atoms with Crippen molar-refractivity contribution >= 4 is 38.0 Å². The van der Waals surface area contributed by atoms with Crippen LogP contribution in [0.25, 0.3) is 22.0 Å². The molecule has 1 saturated heterocycles. The van der Waals surface area contributed by atoms with Crippen molar-refractivity contribution in [1.29, 1.82) is 0 Å². The first-order chi connectivity index (χ1) is 12.4. The Morgan fingerprint density at radius 2 is 2.04 bits per heavy atom. The molecule has 4 rings (SSSR count). The quantitative estimate of drug-likeness (QED) is 0.715. The third-order valence-electron chi connectivity index (χ3n) is 5.02. The summed E-state index contributed by atoms with van der Waals surface area (Å²) in [5.74, 6) is -0.919. The molecule has 26 heavy (non-hydrogen) atoms. The first-order valence-corrected chi connectivity index (χ1v) is 11.0. The topological polar surface area (TPSA) is 93.0 Å². The van der Waals surface area contributed by atoms with Crippen molar-refractivity contribution in [2.24, 2.45) is 5.73 Å². The number of sulfone groups is 1. The Morgan fingerprint density at radius 1 is 1.31 bits per heavy atom. The van der Waals surface area contributed by atoms with Gasteiger partial charge in [-0.25, -0.2) is 12.8 Å². The van der Waals surface area contributed by atoms with Crippen molar-refractivity contribution < 1.29 is 17.6 Å². The van der Waals surface area contributed by atoms with Crippen LogP contribution >= 0.6 is 11.3 Å². The van der Waals surface area contributed by atoms with E-state index in [4.69, 9.17) is 5.73 Å². The Hall–Kier alpha value is -2.19. The van der Waals surface area contributed by atoms with Crippen LogP contribution in [0.1, 0.15) is 34.7 Å². The van der Waals surface area contributed by atoms with E-state index in [0.717, 1.165) is 0 Å². The average molecular weight is 392 g/mol. The average Bonchev–Trinajstić information content (AvgIpc) is 3.25. The van der Waals surface area contributed by atoms with E-state index in [1.165, 1.54) is 17.4 Å². The molecule has 1 amide bonds. The molecule has 0 saturated carbocycles. The molecule has 2 aromatic heterocycles. The van der Waals surface area contributed by atoms with Gasteiger partial charge >= 0.3 is 0 Å². The number of aromatic nitrogens is 1. The molecule has 0 radical (unpaired) electrons. The summed E-state index contributed by atoms with van der Waals surface area (Å²) in [6.45, 7) is 0. The molecule has 1 aliphatic rings. The van der Waals surface area contributed by atoms with Crippen LogP contribution in [0.2, 0.25) is 0 Å². The number of thiophene rings is 1. The maximum absolute atomic E-state index is 15.4. The predicted octanol–water partition coefficient (Wildman–Crippen LogP) is 3.43. The number of nitrogens with one attached hydrogen (secondary N) is 1. The fourth-order valence-corrected chi connectivity index (χ4v) is 5.79. The highest BCUT2D eigenvalue weighted by molar-refractivity contribution is 7.91. The van der Waals surface area contributed by atoms with Crippen LogP contribution in [-0.4, -0.2) is 30.8 Å². The second-order valence-electron chi connectivity index (χ2n) is 6.58. The number of rotatable bonds is 3. The van der Waals surface area contributed by atoms with Crippen LogP contribution in [0.15, 0.2) is 29.1 Å². The summed E-state index contributed by atoms with van der Waals surface area (Å²) in [5.41, 5.74) is 7.86. The minimum Gasteiger partial charge on any atom is -0.366 e. The molecule has 1 aromatic carbocycles. The van der Waals surface area contributed by atoms with Gasteiger partial charge in [0.15, 0.2) is 0 Å². The summed E-state index contributed by atoms with van der Waals surface area (Å²) in [7, 11) is -3.01. The van der Waals surface area contributed by atoms with Gasteiger partial charge in [-0.3, -0.25) is 4.79 Å². The number of amides is 1. The number of aromatic amines is 1. The smallest absolute Gasteiger partial charge is 0.250 e. The van der Waals surface area contributed by atoms with Crippen LogP contribution in [-0.2, 0) is 9.84 Å². The highest BCUT2D eigenvalue weighted by Gasteiger charge is 2.29. The van der Waals surface area contributed by atoms with Crippen molar-refractivity contribution in [2.45, 2.75) is 18.8 Å². The third kappa shape index (κ3) is 2.83. The number of benzene rings is 1. The Kier molecular flexibility index (Phi) is 4.11. The molecule has 0 spiro atoms. The van der Waals surface area contributed by atoms with E-state index in [2.05, 4.69) is 4.98 Å². The molecule has 0 atom stereocenters. The number of H-pyrrole nitrogens is 1. The summed E-state index contributed by atoms with van der Waals surface area (Å²) in [6.07, 6.45) is 2.58. The van der Waals surface area contributed by atoms with Gasteiger partial charge in [0.2, 0.25) is 0 Å². The lowest BCUT2D eigenvalue weighted by molar-refractivity contribution is 0.100. The maximum atomic E-state index is 15.4. The van der Waals surface area contributed by atoms with Crippen molar-refractivity contribution in [3.05, 3.63) is 46.0 Å². The molecule has 3 heterocycles. The summed E-state index contributed by atoms with van der Waals surface area (Å²) in [6, 6.07) is 3.27. The van der Waals surface area contributed by atoms with E-state index >= 15 is 4.39 Å². The minimum absolute atomic E-state index is 0.0692. The molecule has 1 aliphatic heterocycles. The Morgan fingerprint density at radius 3 is 2.65 bits per heavy atom. The number of hydrogen-bond donors (Lipinski definition) is 2. The van der Waals surface area contributed by atoms with Gasteiger partial charge in [0.05, 0.1) is 22.6 Å². The Balaban J connectivity index is 1.92. The van der Waals surface area contributed by atoms with E-state index in [-0.39, 0.29) is 23.0 Å². The molecule has 3 aromatic rings. The number of carbonyl (C=O) groups excluding carboxylic acids is 1. The minimum atomic E-state index is -3.01. The van der Waals surface area contributed by atoms with E-state index in [0.29, 0.717) is 40.4 Å². The van der Waals surface area contributed by atoms with E-state index in [1.807, 2.05) is 10.8 Å². The van der Waals surface area contributed by atoms with Crippen LogP contribution in [0.5, 0.6) is 0 Å². The highest BCUT2D eigenvalue weighted by atomic mass is 32.2. The number of nitrogens with two attached hydrogens (primary N) is 1. The maximum Gasteiger partial charge on any atom is 0.250 e. The Labute approximate surface area is 153 Å². The molecule has 136 valence electrons. The van der Waals surface area contributed by atoms with Crippen molar-refractivity contribution in [2.75, 3.05) is 11.5 Å². The molecule has 0 unspecified atom stereocenters. The van der Waals surface area contributed by atoms with E-state index in [9.17, 15) is 13.2 Å². The zero-order valence-electron chi connectivity index (χ0n) is 13.8. The number of hydrogen-bond acceptors (Lipinski definition) is 4.